The molecule has 1 aliphatic rings. The number of aromatic nitrogens is 1. The summed E-state index contributed by atoms with van der Waals surface area (Å²) in [6, 6.07) is 8.79. The van der Waals surface area contributed by atoms with Gasteiger partial charge in [0, 0.05) is 55.8 Å². The molecule has 0 aliphatic carbocycles. The van der Waals surface area contributed by atoms with Crippen molar-refractivity contribution >= 4 is 38.4 Å². The molecule has 0 saturated carbocycles. The van der Waals surface area contributed by atoms with Crippen LogP contribution in [0, 0.1) is 18.6 Å². The van der Waals surface area contributed by atoms with Gasteiger partial charge in [0.15, 0.2) is 5.82 Å². The number of nitrogens with zero attached hydrogens (tertiary/aromatic N) is 3. The molecule has 0 spiro atoms. The van der Waals surface area contributed by atoms with E-state index in [1.54, 1.807) is 11.8 Å². The average molecular weight is 489 g/mol. The number of anilines is 1. The number of nitrogens with one attached hydrogen (secondary N) is 1. The molecule has 8 nitrogen and oxygen atoms in total. The molecule has 34 heavy (non-hydrogen) atoms. The normalized spacial score (nSPS) is 14.9. The minimum Gasteiger partial charge on any atom is -0.340 e. The molecule has 2 amide bonds. The number of amides is 2. The lowest BCUT2D eigenvalue weighted by atomic mass is 10.1. The number of rotatable bonds is 4. The number of carbonyl (C=O) groups is 2. The summed E-state index contributed by atoms with van der Waals surface area (Å²) in [6.45, 7) is 3.92. The molecule has 1 saturated heterocycles. The van der Waals surface area contributed by atoms with Gasteiger partial charge >= 0.3 is 0 Å². The number of halogens is 2. The van der Waals surface area contributed by atoms with Gasteiger partial charge in [-0.05, 0) is 37.3 Å². The standard InChI is InChI=1S/C23H22F2N4O4S/c1-14-10-21(19-12-17(24)13-20(25)22(19)26-14)27-23(31)16-4-3-5-18(11-16)34(32,33)29-8-6-28(7-9-29)15(2)30/h3-5,10-13H,6-9H2,1-2H3,(H,26,27,31). The van der Waals surface area contributed by atoms with Gasteiger partial charge in [0.2, 0.25) is 15.9 Å². The molecule has 1 fully saturated rings. The Balaban J connectivity index is 1.60. The second-order valence-electron chi connectivity index (χ2n) is 7.99. The molecule has 11 heteroatoms. The molecule has 4 rings (SSSR count). The van der Waals surface area contributed by atoms with E-state index in [2.05, 4.69) is 10.3 Å². The lowest BCUT2D eigenvalue weighted by molar-refractivity contribution is -0.129. The van der Waals surface area contributed by atoms with Crippen LogP contribution >= 0.6 is 0 Å². The van der Waals surface area contributed by atoms with Crippen molar-refractivity contribution in [3.63, 3.8) is 0 Å². The predicted molar refractivity (Wildman–Crippen MR) is 122 cm³/mol. The van der Waals surface area contributed by atoms with E-state index in [0.29, 0.717) is 11.8 Å². The van der Waals surface area contributed by atoms with Crippen LogP contribution in [-0.2, 0) is 14.8 Å². The number of pyridine rings is 1. The molecule has 3 aromatic rings. The number of hydrogen-bond donors (Lipinski definition) is 1. The highest BCUT2D eigenvalue weighted by Gasteiger charge is 2.29. The first-order valence-corrected chi connectivity index (χ1v) is 11.9. The number of fused-ring (bicyclic) bond motifs is 1. The van der Waals surface area contributed by atoms with Crippen LogP contribution in [-0.4, -0.2) is 60.6 Å². The van der Waals surface area contributed by atoms with Crippen LogP contribution in [0.4, 0.5) is 14.5 Å². The number of hydrogen-bond acceptors (Lipinski definition) is 5. The van der Waals surface area contributed by atoms with Gasteiger partial charge in [-0.25, -0.2) is 22.2 Å². The molecular formula is C23H22F2N4O4S. The highest BCUT2D eigenvalue weighted by Crippen LogP contribution is 2.27. The summed E-state index contributed by atoms with van der Waals surface area (Å²) in [5.74, 6) is -2.43. The van der Waals surface area contributed by atoms with Crippen molar-refractivity contribution in [2.45, 2.75) is 18.7 Å². The molecule has 178 valence electrons. The maximum atomic E-state index is 14.2. The quantitative estimate of drug-likeness (QED) is 0.609. The maximum absolute atomic E-state index is 14.2. The van der Waals surface area contributed by atoms with E-state index in [0.717, 1.165) is 6.07 Å². The highest BCUT2D eigenvalue weighted by atomic mass is 32.2. The molecule has 0 bridgehead atoms. The number of sulfonamides is 1. The van der Waals surface area contributed by atoms with Gasteiger partial charge < -0.3 is 10.2 Å². The SMILES string of the molecule is CC(=O)N1CCN(S(=O)(=O)c2cccc(C(=O)Nc3cc(C)nc4c(F)cc(F)cc34)c2)CC1. The number of aryl methyl sites for hydroxylation is 1. The summed E-state index contributed by atoms with van der Waals surface area (Å²) in [7, 11) is -3.89. The fraction of sp³-hybridized carbons (Fsp3) is 0.261. The van der Waals surface area contributed by atoms with Crippen molar-refractivity contribution in [1.82, 2.24) is 14.2 Å². The van der Waals surface area contributed by atoms with Crippen molar-refractivity contribution in [3.05, 3.63) is 65.4 Å². The number of benzene rings is 2. The maximum Gasteiger partial charge on any atom is 0.255 e. The minimum absolute atomic E-state index is 0.0583. The smallest absolute Gasteiger partial charge is 0.255 e. The van der Waals surface area contributed by atoms with E-state index in [-0.39, 0.29) is 59.1 Å². The summed E-state index contributed by atoms with van der Waals surface area (Å²) < 4.78 is 55.4. The van der Waals surface area contributed by atoms with Crippen LogP contribution in [0.15, 0.2) is 47.4 Å². The van der Waals surface area contributed by atoms with Gasteiger partial charge in [0.1, 0.15) is 11.3 Å². The molecule has 1 aromatic heterocycles. The van der Waals surface area contributed by atoms with Crippen LogP contribution in [0.25, 0.3) is 10.9 Å². The molecule has 2 aromatic carbocycles. The minimum atomic E-state index is -3.89. The lowest BCUT2D eigenvalue weighted by Crippen LogP contribution is -2.49. The molecule has 1 aliphatic heterocycles. The fourth-order valence-electron chi connectivity index (χ4n) is 3.87. The zero-order chi connectivity index (χ0) is 24.6. The predicted octanol–water partition coefficient (Wildman–Crippen LogP) is 2.93. The van der Waals surface area contributed by atoms with Crippen molar-refractivity contribution in [1.29, 1.82) is 0 Å². The Morgan fingerprint density at radius 1 is 1.03 bits per heavy atom. The number of carbonyl (C=O) groups excluding carboxylic acids is 2. The Morgan fingerprint density at radius 3 is 2.41 bits per heavy atom. The van der Waals surface area contributed by atoms with Crippen LogP contribution in [0.1, 0.15) is 23.0 Å². The van der Waals surface area contributed by atoms with Gasteiger partial charge in [-0.1, -0.05) is 6.07 Å². The first-order chi connectivity index (χ1) is 16.1. The molecule has 0 unspecified atom stereocenters. The van der Waals surface area contributed by atoms with E-state index in [4.69, 9.17) is 0 Å². The third-order valence-electron chi connectivity index (χ3n) is 5.63. The molecule has 2 heterocycles. The first-order valence-electron chi connectivity index (χ1n) is 10.5. The highest BCUT2D eigenvalue weighted by molar-refractivity contribution is 7.89. The fourth-order valence-corrected chi connectivity index (χ4v) is 5.34. The number of piperazine rings is 1. The third-order valence-corrected chi connectivity index (χ3v) is 7.52. The van der Waals surface area contributed by atoms with Crippen LogP contribution < -0.4 is 5.32 Å². The van der Waals surface area contributed by atoms with Gasteiger partial charge in [-0.2, -0.15) is 4.31 Å². The topological polar surface area (TPSA) is 99.7 Å². The Hall–Kier alpha value is -3.44. The van der Waals surface area contributed by atoms with E-state index in [9.17, 15) is 26.8 Å². The summed E-state index contributed by atoms with van der Waals surface area (Å²) in [5, 5.41) is 2.69. The van der Waals surface area contributed by atoms with Crippen molar-refractivity contribution in [3.8, 4) is 0 Å². The Labute approximate surface area is 195 Å². The monoisotopic (exact) mass is 488 g/mol. The van der Waals surface area contributed by atoms with Gasteiger partial charge in [0.25, 0.3) is 5.91 Å². The van der Waals surface area contributed by atoms with Crippen LogP contribution in [0.2, 0.25) is 0 Å². The third kappa shape index (κ3) is 4.62. The molecule has 0 atom stereocenters. The zero-order valence-electron chi connectivity index (χ0n) is 18.5. The average Bonchev–Trinajstić information content (AvgIpc) is 2.80. The van der Waals surface area contributed by atoms with E-state index in [1.807, 2.05) is 0 Å². The van der Waals surface area contributed by atoms with E-state index < -0.39 is 27.6 Å². The lowest BCUT2D eigenvalue weighted by Gasteiger charge is -2.33. The Kier molecular flexibility index (Phi) is 6.32. The van der Waals surface area contributed by atoms with Gasteiger partial charge in [0.05, 0.1) is 10.6 Å². The van der Waals surface area contributed by atoms with Gasteiger partial charge in [-0.15, -0.1) is 0 Å². The largest absolute Gasteiger partial charge is 0.340 e. The van der Waals surface area contributed by atoms with E-state index in [1.165, 1.54) is 41.6 Å². The van der Waals surface area contributed by atoms with E-state index >= 15 is 0 Å². The summed E-state index contributed by atoms with van der Waals surface area (Å²) in [6.07, 6.45) is 0. The Bertz CT molecular complexity index is 1400. The molecule has 1 N–H and O–H groups in total. The van der Waals surface area contributed by atoms with Crippen molar-refractivity contribution in [2.75, 3.05) is 31.5 Å². The molecular weight excluding hydrogens is 466 g/mol. The summed E-state index contributed by atoms with van der Waals surface area (Å²) >= 11 is 0. The van der Waals surface area contributed by atoms with Gasteiger partial charge in [-0.3, -0.25) is 9.59 Å². The van der Waals surface area contributed by atoms with Crippen molar-refractivity contribution < 1.29 is 26.8 Å². The first kappa shape index (κ1) is 23.7. The Morgan fingerprint density at radius 2 is 1.74 bits per heavy atom. The summed E-state index contributed by atoms with van der Waals surface area (Å²) in [4.78, 5) is 30.0. The zero-order valence-corrected chi connectivity index (χ0v) is 19.3. The molecule has 0 radical (unpaired) electrons. The van der Waals surface area contributed by atoms with Crippen LogP contribution in [0.5, 0.6) is 0 Å². The second kappa shape index (κ2) is 9.07. The van der Waals surface area contributed by atoms with Crippen LogP contribution in [0.3, 0.4) is 0 Å². The second-order valence-corrected chi connectivity index (χ2v) is 9.93. The summed E-state index contributed by atoms with van der Waals surface area (Å²) in [5.41, 5.74) is 0.537. The van der Waals surface area contributed by atoms with Crippen molar-refractivity contribution in [2.24, 2.45) is 0 Å².